The van der Waals surface area contributed by atoms with E-state index in [0.717, 1.165) is 5.69 Å². The molecule has 6 heteroatoms. The molecule has 0 saturated heterocycles. The van der Waals surface area contributed by atoms with Crippen molar-refractivity contribution in [2.45, 2.75) is 6.92 Å². The van der Waals surface area contributed by atoms with E-state index in [2.05, 4.69) is 26.3 Å². The van der Waals surface area contributed by atoms with Crippen molar-refractivity contribution < 1.29 is 9.90 Å². The largest absolute Gasteiger partial charge is 0.507 e. The van der Waals surface area contributed by atoms with Crippen LogP contribution in [0, 0.1) is 6.92 Å². The first-order valence-electron chi connectivity index (χ1n) is 5.28. The molecule has 0 aliphatic carbocycles. The molecule has 2 rings (SSSR count). The Hall–Kier alpha value is -1.82. The van der Waals surface area contributed by atoms with E-state index in [9.17, 15) is 9.90 Å². The number of nitrogens with one attached hydrogen (secondary N) is 1. The Morgan fingerprint density at radius 1 is 1.44 bits per heavy atom. The molecule has 1 aromatic carbocycles. The second kappa shape index (κ2) is 4.81. The summed E-state index contributed by atoms with van der Waals surface area (Å²) in [5.41, 5.74) is 1.15. The van der Waals surface area contributed by atoms with E-state index in [1.165, 1.54) is 6.07 Å². The number of aryl methyl sites for hydroxylation is 2. The van der Waals surface area contributed by atoms with Crippen LogP contribution in [0.5, 0.6) is 5.75 Å². The lowest BCUT2D eigenvalue weighted by Gasteiger charge is -2.04. The van der Waals surface area contributed by atoms with E-state index in [-0.39, 0.29) is 11.3 Å². The maximum Gasteiger partial charge on any atom is 0.260 e. The monoisotopic (exact) mass is 309 g/mol. The number of phenolic OH excluding ortho intramolecular Hbond substituents is 1. The molecule has 0 aliphatic rings. The van der Waals surface area contributed by atoms with Crippen LogP contribution in [0.1, 0.15) is 16.1 Å². The average molecular weight is 310 g/mol. The van der Waals surface area contributed by atoms with Gasteiger partial charge in [0.25, 0.3) is 5.91 Å². The van der Waals surface area contributed by atoms with Gasteiger partial charge in [-0.3, -0.25) is 9.48 Å². The molecule has 0 spiro atoms. The molecule has 5 nitrogen and oxygen atoms in total. The number of aromatic nitrogens is 2. The summed E-state index contributed by atoms with van der Waals surface area (Å²) >= 11 is 3.22. The third-order valence-electron chi connectivity index (χ3n) is 2.56. The minimum atomic E-state index is -0.391. The van der Waals surface area contributed by atoms with Crippen LogP contribution in [-0.4, -0.2) is 20.8 Å². The smallest absolute Gasteiger partial charge is 0.260 e. The summed E-state index contributed by atoms with van der Waals surface area (Å²) in [5, 5.41) is 16.4. The number of carbonyl (C=O) groups excluding carboxylic acids is 1. The number of aromatic hydroxyl groups is 1. The van der Waals surface area contributed by atoms with Crippen LogP contribution in [0.3, 0.4) is 0 Å². The topological polar surface area (TPSA) is 67.2 Å². The Morgan fingerprint density at radius 3 is 2.72 bits per heavy atom. The molecule has 0 aliphatic heterocycles. The van der Waals surface area contributed by atoms with Crippen molar-refractivity contribution >= 4 is 27.7 Å². The highest BCUT2D eigenvalue weighted by atomic mass is 79.9. The lowest BCUT2D eigenvalue weighted by molar-refractivity contribution is 0.102. The highest BCUT2D eigenvalue weighted by Gasteiger charge is 2.13. The van der Waals surface area contributed by atoms with Gasteiger partial charge < -0.3 is 10.4 Å². The van der Waals surface area contributed by atoms with Crippen LogP contribution in [-0.2, 0) is 7.05 Å². The molecular weight excluding hydrogens is 298 g/mol. The van der Waals surface area contributed by atoms with Crippen molar-refractivity contribution in [2.75, 3.05) is 5.32 Å². The number of anilines is 1. The second-order valence-electron chi connectivity index (χ2n) is 3.91. The zero-order valence-electron chi connectivity index (χ0n) is 9.94. The highest BCUT2D eigenvalue weighted by Crippen LogP contribution is 2.23. The molecule has 0 unspecified atom stereocenters. The fourth-order valence-corrected chi connectivity index (χ4v) is 1.85. The summed E-state index contributed by atoms with van der Waals surface area (Å²) in [6.45, 7) is 1.89. The normalized spacial score (nSPS) is 10.4. The SMILES string of the molecule is Cc1cc(NC(=O)c2ccc(Br)cc2O)nn1C. The van der Waals surface area contributed by atoms with E-state index in [0.29, 0.717) is 10.3 Å². The van der Waals surface area contributed by atoms with Gasteiger partial charge in [-0.2, -0.15) is 5.10 Å². The first-order valence-corrected chi connectivity index (χ1v) is 6.07. The highest BCUT2D eigenvalue weighted by molar-refractivity contribution is 9.10. The number of hydrogen-bond donors (Lipinski definition) is 2. The van der Waals surface area contributed by atoms with Crippen LogP contribution in [0.15, 0.2) is 28.7 Å². The Kier molecular flexibility index (Phi) is 3.38. The van der Waals surface area contributed by atoms with Gasteiger partial charge >= 0.3 is 0 Å². The summed E-state index contributed by atoms with van der Waals surface area (Å²) < 4.78 is 2.38. The van der Waals surface area contributed by atoms with Crippen molar-refractivity contribution in [3.8, 4) is 5.75 Å². The van der Waals surface area contributed by atoms with Gasteiger partial charge in [-0.25, -0.2) is 0 Å². The van der Waals surface area contributed by atoms with E-state index < -0.39 is 5.91 Å². The number of rotatable bonds is 2. The molecule has 1 heterocycles. The predicted octanol–water partition coefficient (Wildman–Crippen LogP) is 2.45. The molecule has 0 bridgehead atoms. The molecule has 0 fully saturated rings. The van der Waals surface area contributed by atoms with Gasteiger partial charge in [-0.1, -0.05) is 15.9 Å². The van der Waals surface area contributed by atoms with E-state index >= 15 is 0 Å². The summed E-state index contributed by atoms with van der Waals surface area (Å²) in [6.07, 6.45) is 0. The van der Waals surface area contributed by atoms with Gasteiger partial charge in [-0.15, -0.1) is 0 Å². The Morgan fingerprint density at radius 2 is 2.17 bits per heavy atom. The lowest BCUT2D eigenvalue weighted by atomic mass is 10.2. The van der Waals surface area contributed by atoms with E-state index in [4.69, 9.17) is 0 Å². The summed E-state index contributed by atoms with van der Waals surface area (Å²) in [6, 6.07) is 6.47. The number of halogens is 1. The maximum absolute atomic E-state index is 11.9. The Balaban J connectivity index is 2.22. The maximum atomic E-state index is 11.9. The standard InChI is InChI=1S/C12H12BrN3O2/c1-7-5-11(15-16(7)2)14-12(18)9-4-3-8(13)6-10(9)17/h3-6,17H,1-2H3,(H,14,15,18). The number of nitrogens with zero attached hydrogens (tertiary/aromatic N) is 2. The number of phenols is 1. The van der Waals surface area contributed by atoms with Crippen LogP contribution in [0.4, 0.5) is 5.82 Å². The molecule has 94 valence electrons. The van der Waals surface area contributed by atoms with E-state index in [1.807, 2.05) is 6.92 Å². The minimum Gasteiger partial charge on any atom is -0.507 e. The summed E-state index contributed by atoms with van der Waals surface area (Å²) in [7, 11) is 1.79. The molecule has 18 heavy (non-hydrogen) atoms. The van der Waals surface area contributed by atoms with Crippen molar-refractivity contribution in [3.63, 3.8) is 0 Å². The number of carbonyl (C=O) groups is 1. The molecule has 2 N–H and O–H groups in total. The zero-order chi connectivity index (χ0) is 13.3. The van der Waals surface area contributed by atoms with Crippen molar-refractivity contribution in [2.24, 2.45) is 7.05 Å². The predicted molar refractivity (Wildman–Crippen MR) is 71.7 cm³/mol. The molecule has 0 saturated carbocycles. The van der Waals surface area contributed by atoms with Crippen LogP contribution in [0.2, 0.25) is 0 Å². The zero-order valence-corrected chi connectivity index (χ0v) is 11.5. The fourth-order valence-electron chi connectivity index (χ4n) is 1.50. The quantitative estimate of drug-likeness (QED) is 0.895. The molecule has 0 radical (unpaired) electrons. The number of benzene rings is 1. The van der Waals surface area contributed by atoms with E-state index in [1.54, 1.807) is 29.9 Å². The van der Waals surface area contributed by atoms with Crippen molar-refractivity contribution in [1.29, 1.82) is 0 Å². The second-order valence-corrected chi connectivity index (χ2v) is 4.83. The van der Waals surface area contributed by atoms with Gasteiger partial charge in [-0.05, 0) is 25.1 Å². The first-order chi connectivity index (χ1) is 8.47. The summed E-state index contributed by atoms with van der Waals surface area (Å²) in [5.74, 6) is -0.00468. The van der Waals surface area contributed by atoms with Gasteiger partial charge in [0, 0.05) is 23.3 Å². The molecule has 0 atom stereocenters. The fraction of sp³-hybridized carbons (Fsp3) is 0.167. The number of hydrogen-bond acceptors (Lipinski definition) is 3. The van der Waals surface area contributed by atoms with Crippen molar-refractivity contribution in [1.82, 2.24) is 9.78 Å². The minimum absolute atomic E-state index is 0.0745. The third kappa shape index (κ3) is 2.53. The van der Waals surface area contributed by atoms with Gasteiger partial charge in [0.1, 0.15) is 5.75 Å². The number of amides is 1. The van der Waals surface area contributed by atoms with Crippen LogP contribution in [0.25, 0.3) is 0 Å². The molecular formula is C12H12BrN3O2. The van der Waals surface area contributed by atoms with Crippen LogP contribution < -0.4 is 5.32 Å². The van der Waals surface area contributed by atoms with Gasteiger partial charge in [0.15, 0.2) is 5.82 Å². The Bertz CT molecular complexity index is 588. The molecule has 1 aromatic heterocycles. The van der Waals surface area contributed by atoms with Crippen molar-refractivity contribution in [3.05, 3.63) is 40.0 Å². The molecule has 2 aromatic rings. The lowest BCUT2D eigenvalue weighted by Crippen LogP contribution is -2.12. The molecule has 1 amide bonds. The van der Waals surface area contributed by atoms with Gasteiger partial charge in [0.05, 0.1) is 5.56 Å². The average Bonchev–Trinajstić information content (AvgIpc) is 2.57. The summed E-state index contributed by atoms with van der Waals surface area (Å²) in [4.78, 5) is 11.9. The third-order valence-corrected chi connectivity index (χ3v) is 3.05. The first kappa shape index (κ1) is 12.6. The van der Waals surface area contributed by atoms with Gasteiger partial charge in [0.2, 0.25) is 0 Å². The Labute approximate surface area is 113 Å². The van der Waals surface area contributed by atoms with Crippen LogP contribution >= 0.6 is 15.9 Å².